The normalized spacial score (nSPS) is 17.1. The van der Waals surface area contributed by atoms with Gasteiger partial charge < -0.3 is 20.9 Å². The van der Waals surface area contributed by atoms with Crippen LogP contribution < -0.4 is 16.0 Å². The minimum atomic E-state index is -0.231. The number of hydrogen-bond acceptors (Lipinski definition) is 6. The van der Waals surface area contributed by atoms with Crippen LogP contribution in [0.15, 0.2) is 97.3 Å². The van der Waals surface area contributed by atoms with E-state index in [0.717, 1.165) is 49.5 Å². The van der Waals surface area contributed by atoms with Gasteiger partial charge in [0.15, 0.2) is 0 Å². The van der Waals surface area contributed by atoms with Crippen LogP contribution >= 0.6 is 0 Å². The van der Waals surface area contributed by atoms with Crippen LogP contribution in [-0.4, -0.2) is 59.8 Å². The fourth-order valence-electron chi connectivity index (χ4n) is 5.61. The predicted octanol–water partition coefficient (Wildman–Crippen LogP) is 5.25. The first kappa shape index (κ1) is 28.3. The Morgan fingerprint density at radius 3 is 2.51 bits per heavy atom. The van der Waals surface area contributed by atoms with Gasteiger partial charge in [-0.2, -0.15) is 0 Å². The molecule has 8 nitrogen and oxygen atoms in total. The van der Waals surface area contributed by atoms with E-state index < -0.39 is 0 Å². The molecule has 3 N–H and O–H groups in total. The number of rotatable bonds is 8. The van der Waals surface area contributed by atoms with Gasteiger partial charge in [-0.25, -0.2) is 0 Å². The highest BCUT2D eigenvalue weighted by Gasteiger charge is 2.30. The molecule has 2 aliphatic heterocycles. The monoisotopic (exact) mass is 572 g/mol. The second-order valence-electron chi connectivity index (χ2n) is 11.2. The maximum atomic E-state index is 13.5. The maximum absolute atomic E-state index is 13.5. The van der Waals surface area contributed by atoms with E-state index >= 15 is 0 Å². The average molecular weight is 573 g/mol. The number of anilines is 2. The van der Waals surface area contributed by atoms with E-state index in [-0.39, 0.29) is 17.9 Å². The van der Waals surface area contributed by atoms with Crippen molar-refractivity contribution in [2.45, 2.75) is 19.5 Å². The summed E-state index contributed by atoms with van der Waals surface area (Å²) < 4.78 is 0. The summed E-state index contributed by atoms with van der Waals surface area (Å²) >= 11 is 0. The molecule has 3 aromatic carbocycles. The van der Waals surface area contributed by atoms with Gasteiger partial charge in [0.25, 0.3) is 11.8 Å². The van der Waals surface area contributed by atoms with Crippen molar-refractivity contribution in [1.82, 2.24) is 20.1 Å². The van der Waals surface area contributed by atoms with Crippen molar-refractivity contribution < 1.29 is 9.59 Å². The largest absolute Gasteiger partial charge is 0.354 e. The van der Waals surface area contributed by atoms with Crippen molar-refractivity contribution in [1.29, 1.82) is 0 Å². The van der Waals surface area contributed by atoms with Gasteiger partial charge in [0.05, 0.1) is 17.3 Å². The lowest BCUT2D eigenvalue weighted by Gasteiger charge is -2.32. The fourth-order valence-corrected chi connectivity index (χ4v) is 5.61. The number of amides is 2. The molecule has 218 valence electrons. The van der Waals surface area contributed by atoms with E-state index in [9.17, 15) is 9.59 Å². The van der Waals surface area contributed by atoms with Crippen molar-refractivity contribution in [2.24, 2.45) is 0 Å². The number of carbonyl (C=O) groups is 2. The maximum Gasteiger partial charge on any atom is 0.258 e. The van der Waals surface area contributed by atoms with E-state index in [1.165, 1.54) is 5.56 Å². The summed E-state index contributed by atoms with van der Waals surface area (Å²) in [7, 11) is 2.16. The number of aromatic nitrogens is 1. The standard InChI is InChI=1S/C35H36N6O2/c1-24(26-9-4-3-5-10-26)37-34(42)27-13-14-31-30(21-27)32(35(43)39-31)33(28-11-7-15-36-22-28)38-29-12-6-8-25(20-29)23-41-18-16-40(2)17-19-41/h3-15,20-22,24,38H,16-19,23H2,1-2H3,(H,37,42)(H,39,43)/b33-32-/t24-/m1/s1. The molecule has 0 bridgehead atoms. The van der Waals surface area contributed by atoms with Gasteiger partial charge in [-0.15, -0.1) is 0 Å². The first-order valence-corrected chi connectivity index (χ1v) is 14.7. The highest BCUT2D eigenvalue weighted by atomic mass is 16.2. The zero-order chi connectivity index (χ0) is 29.8. The van der Waals surface area contributed by atoms with Crippen molar-refractivity contribution in [3.63, 3.8) is 0 Å². The molecule has 1 aromatic heterocycles. The molecule has 0 aliphatic carbocycles. The fraction of sp³-hybridized carbons (Fsp3) is 0.229. The molecule has 1 saturated heterocycles. The molecule has 0 saturated carbocycles. The minimum Gasteiger partial charge on any atom is -0.354 e. The van der Waals surface area contributed by atoms with E-state index in [4.69, 9.17) is 0 Å². The Morgan fingerprint density at radius 2 is 1.74 bits per heavy atom. The Hall–Kier alpha value is -4.79. The highest BCUT2D eigenvalue weighted by molar-refractivity contribution is 6.37. The molecule has 2 amide bonds. The van der Waals surface area contributed by atoms with E-state index in [0.29, 0.717) is 28.1 Å². The van der Waals surface area contributed by atoms with Crippen LogP contribution in [-0.2, 0) is 11.3 Å². The number of fused-ring (bicyclic) bond motifs is 1. The summed E-state index contributed by atoms with van der Waals surface area (Å²) in [5, 5.41) is 9.61. The smallest absolute Gasteiger partial charge is 0.258 e. The van der Waals surface area contributed by atoms with Gasteiger partial charge in [0, 0.05) is 73.2 Å². The summed E-state index contributed by atoms with van der Waals surface area (Å²) in [5.74, 6) is -0.435. The van der Waals surface area contributed by atoms with Crippen LogP contribution in [0.25, 0.3) is 11.3 Å². The number of nitrogens with zero attached hydrogens (tertiary/aromatic N) is 3. The number of piperazine rings is 1. The van der Waals surface area contributed by atoms with Gasteiger partial charge in [0.2, 0.25) is 0 Å². The molecular formula is C35H36N6O2. The third-order valence-electron chi connectivity index (χ3n) is 8.07. The molecule has 1 atom stereocenters. The topological polar surface area (TPSA) is 89.6 Å². The molecule has 3 heterocycles. The first-order chi connectivity index (χ1) is 20.9. The SMILES string of the molecule is C[C@@H](NC(=O)c1ccc2c(c1)/C(=C(/Nc1cccc(CN3CCN(C)CC3)c1)c1cccnc1)C(=O)N2)c1ccccc1. The molecule has 6 rings (SSSR count). The Bertz CT molecular complexity index is 1650. The van der Waals surface area contributed by atoms with Gasteiger partial charge in [0.1, 0.15) is 0 Å². The third kappa shape index (κ3) is 6.51. The summed E-state index contributed by atoms with van der Waals surface area (Å²) in [5.41, 5.74) is 6.80. The zero-order valence-electron chi connectivity index (χ0n) is 24.5. The van der Waals surface area contributed by atoms with Gasteiger partial charge >= 0.3 is 0 Å². The molecule has 0 unspecified atom stereocenters. The van der Waals surface area contributed by atoms with Crippen LogP contribution in [0.3, 0.4) is 0 Å². The zero-order valence-corrected chi connectivity index (χ0v) is 24.5. The lowest BCUT2D eigenvalue weighted by Crippen LogP contribution is -2.43. The number of nitrogens with one attached hydrogen (secondary N) is 3. The number of likely N-dealkylation sites (N-methyl/N-ethyl adjacent to an activating group) is 1. The highest BCUT2D eigenvalue weighted by Crippen LogP contribution is 2.38. The Labute approximate surface area is 252 Å². The summed E-state index contributed by atoms with van der Waals surface area (Å²) in [6.45, 7) is 7.03. The van der Waals surface area contributed by atoms with Gasteiger partial charge in [-0.3, -0.25) is 19.5 Å². The lowest BCUT2D eigenvalue weighted by molar-refractivity contribution is -0.110. The summed E-state index contributed by atoms with van der Waals surface area (Å²) in [6.07, 6.45) is 3.45. The van der Waals surface area contributed by atoms with Gasteiger partial charge in [-0.1, -0.05) is 42.5 Å². The lowest BCUT2D eigenvalue weighted by atomic mass is 9.98. The Balaban J connectivity index is 1.32. The van der Waals surface area contributed by atoms with Crippen molar-refractivity contribution in [3.8, 4) is 0 Å². The molecule has 2 aliphatic rings. The molecule has 1 fully saturated rings. The molecule has 4 aromatic rings. The molecule has 8 heteroatoms. The second-order valence-corrected chi connectivity index (χ2v) is 11.2. The van der Waals surface area contributed by atoms with Crippen LogP contribution in [0.1, 0.15) is 45.6 Å². The van der Waals surface area contributed by atoms with Crippen molar-refractivity contribution in [3.05, 3.63) is 125 Å². The number of carbonyl (C=O) groups excluding carboxylic acids is 2. The van der Waals surface area contributed by atoms with Crippen LogP contribution in [0.2, 0.25) is 0 Å². The quantitative estimate of drug-likeness (QED) is 0.250. The van der Waals surface area contributed by atoms with E-state index in [1.807, 2.05) is 61.5 Å². The summed E-state index contributed by atoms with van der Waals surface area (Å²) in [6, 6.07) is 27.1. The Morgan fingerprint density at radius 1 is 0.930 bits per heavy atom. The third-order valence-corrected chi connectivity index (χ3v) is 8.07. The first-order valence-electron chi connectivity index (χ1n) is 14.7. The summed E-state index contributed by atoms with van der Waals surface area (Å²) in [4.78, 5) is 35.9. The second kappa shape index (κ2) is 12.6. The van der Waals surface area contributed by atoms with Crippen LogP contribution in [0, 0.1) is 0 Å². The number of hydrogen-bond donors (Lipinski definition) is 3. The molecule has 0 radical (unpaired) electrons. The predicted molar refractivity (Wildman–Crippen MR) is 171 cm³/mol. The number of benzene rings is 3. The molecule has 43 heavy (non-hydrogen) atoms. The van der Waals surface area contributed by atoms with E-state index in [1.54, 1.807) is 30.6 Å². The van der Waals surface area contributed by atoms with Crippen molar-refractivity contribution >= 4 is 34.5 Å². The number of pyridine rings is 1. The van der Waals surface area contributed by atoms with Crippen LogP contribution in [0.5, 0.6) is 0 Å². The van der Waals surface area contributed by atoms with Gasteiger partial charge in [-0.05, 0) is 67.6 Å². The van der Waals surface area contributed by atoms with Crippen molar-refractivity contribution in [2.75, 3.05) is 43.9 Å². The van der Waals surface area contributed by atoms with E-state index in [2.05, 4.69) is 49.9 Å². The average Bonchev–Trinajstić information content (AvgIpc) is 3.36. The van der Waals surface area contributed by atoms with Crippen LogP contribution in [0.4, 0.5) is 11.4 Å². The molecular weight excluding hydrogens is 536 g/mol. The minimum absolute atomic E-state index is 0.164. The molecule has 0 spiro atoms. The Kier molecular flexibility index (Phi) is 8.31.